The summed E-state index contributed by atoms with van der Waals surface area (Å²) >= 11 is 0. The van der Waals surface area contributed by atoms with Gasteiger partial charge < -0.3 is 14.6 Å². The molecule has 3 heteroatoms. The van der Waals surface area contributed by atoms with Crippen molar-refractivity contribution in [2.75, 3.05) is 13.2 Å². The zero-order valence-electron chi connectivity index (χ0n) is 13.8. The average molecular weight is 294 g/mol. The molecule has 1 heterocycles. The molecule has 1 spiro atoms. The van der Waals surface area contributed by atoms with E-state index in [2.05, 4.69) is 13.5 Å². The van der Waals surface area contributed by atoms with Gasteiger partial charge in [0, 0.05) is 6.61 Å². The molecule has 0 aromatic carbocycles. The fraction of sp³-hybridized carbons (Fsp3) is 0.889. The van der Waals surface area contributed by atoms with E-state index in [4.69, 9.17) is 9.47 Å². The zero-order chi connectivity index (χ0) is 15.3. The van der Waals surface area contributed by atoms with Crippen LogP contribution in [0.1, 0.15) is 59.3 Å². The summed E-state index contributed by atoms with van der Waals surface area (Å²) in [5.41, 5.74) is 1.54. The molecule has 3 fully saturated rings. The minimum atomic E-state index is -0.438. The Bertz CT molecular complexity index is 430. The summed E-state index contributed by atoms with van der Waals surface area (Å²) in [5, 5.41) is 9.20. The lowest BCUT2D eigenvalue weighted by molar-refractivity contribution is -0.180. The largest absolute Gasteiger partial charge is 0.396 e. The SMILES string of the molecule is C=C(C)[C@]12CC[C@]3(COC(C)(C)O3)[C@H](C[C@@H]1CCCO)C2. The smallest absolute Gasteiger partial charge is 0.163 e. The molecule has 0 amide bonds. The van der Waals surface area contributed by atoms with Gasteiger partial charge >= 0.3 is 0 Å². The summed E-state index contributed by atoms with van der Waals surface area (Å²) < 4.78 is 12.3. The summed E-state index contributed by atoms with van der Waals surface area (Å²) in [6, 6.07) is 0. The van der Waals surface area contributed by atoms with Crippen LogP contribution in [0.5, 0.6) is 0 Å². The van der Waals surface area contributed by atoms with E-state index < -0.39 is 5.79 Å². The second-order valence-corrected chi connectivity index (χ2v) is 7.99. The Kier molecular flexibility index (Phi) is 3.75. The van der Waals surface area contributed by atoms with E-state index >= 15 is 0 Å². The number of fused-ring (bicyclic) bond motifs is 3. The molecule has 120 valence electrons. The quantitative estimate of drug-likeness (QED) is 0.804. The average Bonchev–Trinajstić information content (AvgIpc) is 2.90. The summed E-state index contributed by atoms with van der Waals surface area (Å²) in [6.45, 7) is 11.6. The number of ether oxygens (including phenoxy) is 2. The molecule has 1 aliphatic heterocycles. The highest BCUT2D eigenvalue weighted by molar-refractivity contribution is 5.20. The second kappa shape index (κ2) is 5.07. The molecule has 0 unspecified atom stereocenters. The van der Waals surface area contributed by atoms with Crippen molar-refractivity contribution in [3.63, 3.8) is 0 Å². The molecule has 1 saturated heterocycles. The predicted molar refractivity (Wildman–Crippen MR) is 82.9 cm³/mol. The van der Waals surface area contributed by atoms with E-state index in [0.717, 1.165) is 32.3 Å². The van der Waals surface area contributed by atoms with Gasteiger partial charge in [0.05, 0.1) is 12.2 Å². The van der Waals surface area contributed by atoms with Crippen LogP contribution in [-0.2, 0) is 9.47 Å². The first-order chi connectivity index (χ1) is 9.84. The predicted octanol–water partition coefficient (Wildman–Crippen LogP) is 3.66. The third-order valence-corrected chi connectivity index (χ3v) is 6.37. The number of allylic oxidation sites excluding steroid dienone is 1. The summed E-state index contributed by atoms with van der Waals surface area (Å²) in [5.74, 6) is 0.791. The van der Waals surface area contributed by atoms with Gasteiger partial charge in [-0.2, -0.15) is 0 Å². The summed E-state index contributed by atoms with van der Waals surface area (Å²) in [7, 11) is 0. The van der Waals surface area contributed by atoms with E-state index in [1.54, 1.807) is 0 Å². The molecule has 2 aliphatic carbocycles. The maximum absolute atomic E-state index is 9.20. The van der Waals surface area contributed by atoms with Crippen molar-refractivity contribution in [2.24, 2.45) is 17.3 Å². The Balaban J connectivity index is 1.83. The van der Waals surface area contributed by atoms with Gasteiger partial charge in [-0.05, 0) is 76.5 Å². The zero-order valence-corrected chi connectivity index (χ0v) is 13.8. The monoisotopic (exact) mass is 294 g/mol. The fourth-order valence-electron chi connectivity index (χ4n) is 5.24. The normalized spacial score (nSPS) is 44.4. The van der Waals surface area contributed by atoms with Gasteiger partial charge in [-0.1, -0.05) is 12.2 Å². The Morgan fingerprint density at radius 3 is 2.67 bits per heavy atom. The minimum absolute atomic E-state index is 0.0730. The van der Waals surface area contributed by atoms with Gasteiger partial charge in [-0.15, -0.1) is 0 Å². The van der Waals surface area contributed by atoms with Crippen molar-refractivity contribution in [2.45, 2.75) is 70.7 Å². The Morgan fingerprint density at radius 1 is 1.33 bits per heavy atom. The van der Waals surface area contributed by atoms with E-state index in [-0.39, 0.29) is 11.0 Å². The minimum Gasteiger partial charge on any atom is -0.396 e. The van der Waals surface area contributed by atoms with E-state index in [1.165, 1.54) is 18.4 Å². The van der Waals surface area contributed by atoms with Crippen molar-refractivity contribution in [1.29, 1.82) is 0 Å². The summed E-state index contributed by atoms with van der Waals surface area (Å²) in [6.07, 6.45) is 6.66. The number of hydrogen-bond donors (Lipinski definition) is 1. The molecule has 21 heavy (non-hydrogen) atoms. The van der Waals surface area contributed by atoms with Crippen LogP contribution < -0.4 is 0 Å². The van der Waals surface area contributed by atoms with Gasteiger partial charge in [0.15, 0.2) is 5.79 Å². The molecular formula is C18H30O3. The van der Waals surface area contributed by atoms with Gasteiger partial charge in [-0.3, -0.25) is 0 Å². The van der Waals surface area contributed by atoms with Gasteiger partial charge in [-0.25, -0.2) is 0 Å². The van der Waals surface area contributed by atoms with Crippen molar-refractivity contribution in [3.05, 3.63) is 12.2 Å². The first kappa shape index (κ1) is 15.5. The van der Waals surface area contributed by atoms with Crippen LogP contribution in [-0.4, -0.2) is 29.7 Å². The van der Waals surface area contributed by atoms with E-state index in [0.29, 0.717) is 18.4 Å². The molecule has 2 saturated carbocycles. The van der Waals surface area contributed by atoms with Crippen LogP contribution in [0.2, 0.25) is 0 Å². The third kappa shape index (κ3) is 2.38. The molecule has 3 nitrogen and oxygen atoms in total. The molecule has 3 aliphatic rings. The Hall–Kier alpha value is -0.380. The van der Waals surface area contributed by atoms with Gasteiger partial charge in [0.25, 0.3) is 0 Å². The molecular weight excluding hydrogens is 264 g/mol. The van der Waals surface area contributed by atoms with Crippen LogP contribution in [0.15, 0.2) is 12.2 Å². The number of aliphatic hydroxyl groups excluding tert-OH is 1. The Morgan fingerprint density at radius 2 is 2.10 bits per heavy atom. The van der Waals surface area contributed by atoms with Crippen LogP contribution >= 0.6 is 0 Å². The highest BCUT2D eigenvalue weighted by Gasteiger charge is 2.62. The van der Waals surface area contributed by atoms with Crippen LogP contribution in [0.4, 0.5) is 0 Å². The first-order valence-corrected chi connectivity index (χ1v) is 8.45. The van der Waals surface area contributed by atoms with E-state index in [9.17, 15) is 5.11 Å². The van der Waals surface area contributed by atoms with Crippen LogP contribution in [0.25, 0.3) is 0 Å². The maximum Gasteiger partial charge on any atom is 0.163 e. The Labute approximate surface area is 128 Å². The molecule has 0 aromatic rings. The number of rotatable bonds is 4. The highest BCUT2D eigenvalue weighted by Crippen LogP contribution is 2.64. The molecule has 0 aromatic heterocycles. The highest BCUT2D eigenvalue weighted by atomic mass is 16.8. The standard InChI is InChI=1S/C18H30O3/c1-13(2)17-7-8-18(12-20-16(3,4)21-18)15(11-17)10-14(17)6-5-9-19/h14-15,19H,1,5-12H2,2-4H3/t14-,15+,17+,18-/m0/s1. The second-order valence-electron chi connectivity index (χ2n) is 7.99. The lowest BCUT2D eigenvalue weighted by Crippen LogP contribution is -2.45. The van der Waals surface area contributed by atoms with E-state index in [1.807, 2.05) is 13.8 Å². The number of hydrogen-bond acceptors (Lipinski definition) is 3. The topological polar surface area (TPSA) is 38.7 Å². The fourth-order valence-corrected chi connectivity index (χ4v) is 5.24. The van der Waals surface area contributed by atoms with Crippen molar-refractivity contribution >= 4 is 0 Å². The lowest BCUT2D eigenvalue weighted by atomic mass is 9.63. The van der Waals surface area contributed by atoms with Gasteiger partial charge in [0.1, 0.15) is 0 Å². The molecule has 2 bridgehead atoms. The maximum atomic E-state index is 9.20. The van der Waals surface area contributed by atoms with Crippen molar-refractivity contribution in [1.82, 2.24) is 0 Å². The van der Waals surface area contributed by atoms with Crippen LogP contribution in [0, 0.1) is 17.3 Å². The first-order valence-electron chi connectivity index (χ1n) is 8.45. The molecule has 4 atom stereocenters. The molecule has 0 radical (unpaired) electrons. The molecule has 3 rings (SSSR count). The lowest BCUT2D eigenvalue weighted by Gasteiger charge is -2.45. The van der Waals surface area contributed by atoms with Crippen molar-refractivity contribution in [3.8, 4) is 0 Å². The third-order valence-electron chi connectivity index (χ3n) is 6.37. The number of aliphatic hydroxyl groups is 1. The van der Waals surface area contributed by atoms with Crippen LogP contribution in [0.3, 0.4) is 0 Å². The summed E-state index contributed by atoms with van der Waals surface area (Å²) in [4.78, 5) is 0. The molecule has 1 N–H and O–H groups in total. The van der Waals surface area contributed by atoms with Crippen molar-refractivity contribution < 1.29 is 14.6 Å². The van der Waals surface area contributed by atoms with Gasteiger partial charge in [0.2, 0.25) is 0 Å².